The molecular weight excluding hydrogens is 248 g/mol. The van der Waals surface area contributed by atoms with Crippen molar-refractivity contribution in [2.24, 2.45) is 0 Å². The Labute approximate surface area is 114 Å². The first kappa shape index (κ1) is 14.8. The molecule has 0 fully saturated rings. The molecule has 0 aliphatic carbocycles. The maximum Gasteiger partial charge on any atom is 0.318 e. The van der Waals surface area contributed by atoms with E-state index in [2.05, 4.69) is 5.32 Å². The summed E-state index contributed by atoms with van der Waals surface area (Å²) in [6, 6.07) is 7.41. The molecule has 1 N–H and O–H groups in total. The van der Waals surface area contributed by atoms with Crippen LogP contribution in [0.1, 0.15) is 39.3 Å². The van der Waals surface area contributed by atoms with Crippen LogP contribution in [-0.4, -0.2) is 23.5 Å². The van der Waals surface area contributed by atoms with Crippen molar-refractivity contribution in [2.45, 2.75) is 39.3 Å². The Morgan fingerprint density at radius 3 is 2.39 bits per heavy atom. The highest BCUT2D eigenvalue weighted by Crippen LogP contribution is 2.26. The van der Waals surface area contributed by atoms with Crippen molar-refractivity contribution < 1.29 is 4.79 Å². The van der Waals surface area contributed by atoms with Crippen molar-refractivity contribution in [3.63, 3.8) is 0 Å². The van der Waals surface area contributed by atoms with Crippen LogP contribution in [0, 0.1) is 0 Å². The number of benzene rings is 1. The van der Waals surface area contributed by atoms with Gasteiger partial charge in [-0.15, -0.1) is 0 Å². The van der Waals surface area contributed by atoms with E-state index in [-0.39, 0.29) is 17.6 Å². The monoisotopic (exact) mass is 268 g/mol. The van der Waals surface area contributed by atoms with Crippen LogP contribution in [0.2, 0.25) is 5.02 Å². The predicted molar refractivity (Wildman–Crippen MR) is 75.9 cm³/mol. The van der Waals surface area contributed by atoms with E-state index in [9.17, 15) is 4.79 Å². The number of carbonyl (C=O) groups is 1. The fourth-order valence-electron chi connectivity index (χ4n) is 1.61. The minimum Gasteiger partial charge on any atom is -0.333 e. The highest BCUT2D eigenvalue weighted by molar-refractivity contribution is 6.31. The molecule has 1 aromatic carbocycles. The largest absolute Gasteiger partial charge is 0.333 e. The number of urea groups is 1. The van der Waals surface area contributed by atoms with E-state index in [1.807, 2.05) is 52.0 Å². The molecule has 0 bridgehead atoms. The molecule has 1 rings (SSSR count). The third kappa shape index (κ3) is 3.91. The molecule has 0 spiro atoms. The first-order valence-corrected chi connectivity index (χ1v) is 6.39. The molecule has 0 saturated carbocycles. The van der Waals surface area contributed by atoms with Crippen molar-refractivity contribution in [2.75, 3.05) is 7.05 Å². The number of nitrogens with zero attached hydrogens (tertiary/aromatic N) is 1. The Kier molecular flexibility index (Phi) is 4.63. The first-order valence-electron chi connectivity index (χ1n) is 6.02. The highest BCUT2D eigenvalue weighted by Gasteiger charge is 2.22. The number of carbonyl (C=O) groups excluding carboxylic acids is 1. The normalized spacial score (nSPS) is 13.0. The number of amides is 2. The van der Waals surface area contributed by atoms with Gasteiger partial charge in [-0.05, 0) is 39.3 Å². The number of hydrogen-bond donors (Lipinski definition) is 1. The molecular formula is C14H21ClN2O. The number of rotatable bonds is 2. The average Bonchev–Trinajstić information content (AvgIpc) is 2.25. The molecule has 1 aromatic rings. The lowest BCUT2D eigenvalue weighted by molar-refractivity contribution is 0.185. The molecule has 1 unspecified atom stereocenters. The fourth-order valence-corrected chi connectivity index (χ4v) is 1.90. The van der Waals surface area contributed by atoms with Crippen LogP contribution in [-0.2, 0) is 0 Å². The smallest absolute Gasteiger partial charge is 0.318 e. The van der Waals surface area contributed by atoms with Crippen LogP contribution in [0.25, 0.3) is 0 Å². The zero-order valence-electron chi connectivity index (χ0n) is 11.6. The maximum absolute atomic E-state index is 12.1. The summed E-state index contributed by atoms with van der Waals surface area (Å²) in [6.45, 7) is 7.83. The summed E-state index contributed by atoms with van der Waals surface area (Å²) in [4.78, 5) is 13.7. The number of nitrogens with one attached hydrogen (secondary N) is 1. The molecule has 3 nitrogen and oxygen atoms in total. The lowest BCUT2D eigenvalue weighted by Crippen LogP contribution is -2.47. The molecule has 0 aromatic heterocycles. The van der Waals surface area contributed by atoms with Gasteiger partial charge in [0.25, 0.3) is 0 Å². The number of halogens is 1. The molecule has 100 valence electrons. The maximum atomic E-state index is 12.1. The van der Waals surface area contributed by atoms with E-state index in [1.165, 1.54) is 0 Å². The highest BCUT2D eigenvalue weighted by atomic mass is 35.5. The summed E-state index contributed by atoms with van der Waals surface area (Å²) < 4.78 is 0. The van der Waals surface area contributed by atoms with E-state index >= 15 is 0 Å². The zero-order valence-corrected chi connectivity index (χ0v) is 12.4. The van der Waals surface area contributed by atoms with Gasteiger partial charge in [0, 0.05) is 17.6 Å². The van der Waals surface area contributed by atoms with E-state index in [0.29, 0.717) is 5.02 Å². The second-order valence-corrected chi connectivity index (χ2v) is 5.90. The Morgan fingerprint density at radius 2 is 1.89 bits per heavy atom. The average molecular weight is 269 g/mol. The molecule has 2 amide bonds. The Hall–Kier alpha value is -1.22. The minimum atomic E-state index is -0.244. The molecule has 1 atom stereocenters. The molecule has 18 heavy (non-hydrogen) atoms. The molecule has 0 radical (unpaired) electrons. The standard InChI is InChI=1S/C14H21ClN2O/c1-10(11-8-6-7-9-12(11)15)17(5)13(18)16-14(2,3)4/h6-10H,1-5H3,(H,16,18). The lowest BCUT2D eigenvalue weighted by atomic mass is 10.1. The van der Waals surface area contributed by atoms with Crippen LogP contribution in [0.4, 0.5) is 4.79 Å². The fraction of sp³-hybridized carbons (Fsp3) is 0.500. The molecule has 4 heteroatoms. The summed E-state index contributed by atoms with van der Waals surface area (Å²) in [5, 5.41) is 3.61. The topological polar surface area (TPSA) is 32.3 Å². The number of hydrogen-bond acceptors (Lipinski definition) is 1. The Morgan fingerprint density at radius 1 is 1.33 bits per heavy atom. The van der Waals surface area contributed by atoms with Crippen molar-refractivity contribution in [3.8, 4) is 0 Å². The first-order chi connectivity index (χ1) is 8.22. The van der Waals surface area contributed by atoms with Crippen LogP contribution >= 0.6 is 11.6 Å². The van der Waals surface area contributed by atoms with E-state index in [1.54, 1.807) is 11.9 Å². The molecule has 0 saturated heterocycles. The van der Waals surface area contributed by atoms with Gasteiger partial charge in [-0.3, -0.25) is 0 Å². The molecule has 0 aliphatic heterocycles. The van der Waals surface area contributed by atoms with Gasteiger partial charge in [-0.1, -0.05) is 29.8 Å². The Balaban J connectivity index is 2.82. The van der Waals surface area contributed by atoms with Gasteiger partial charge < -0.3 is 10.2 Å². The SMILES string of the molecule is CC(c1ccccc1Cl)N(C)C(=O)NC(C)(C)C. The quantitative estimate of drug-likeness (QED) is 0.868. The van der Waals surface area contributed by atoms with E-state index in [0.717, 1.165) is 5.56 Å². The van der Waals surface area contributed by atoms with Crippen molar-refractivity contribution in [3.05, 3.63) is 34.9 Å². The third-order valence-electron chi connectivity index (χ3n) is 2.74. The van der Waals surface area contributed by atoms with Crippen LogP contribution < -0.4 is 5.32 Å². The summed E-state index contributed by atoms with van der Waals surface area (Å²) in [6.07, 6.45) is 0. The summed E-state index contributed by atoms with van der Waals surface area (Å²) in [5.74, 6) is 0. The van der Waals surface area contributed by atoms with E-state index < -0.39 is 0 Å². The van der Waals surface area contributed by atoms with Crippen LogP contribution in [0.5, 0.6) is 0 Å². The van der Waals surface area contributed by atoms with E-state index in [4.69, 9.17) is 11.6 Å². The van der Waals surface area contributed by atoms with Gasteiger partial charge >= 0.3 is 6.03 Å². The summed E-state index contributed by atoms with van der Waals surface area (Å²) in [5.41, 5.74) is 0.705. The van der Waals surface area contributed by atoms with Crippen molar-refractivity contribution in [1.29, 1.82) is 0 Å². The minimum absolute atomic E-state index is 0.0685. The van der Waals surface area contributed by atoms with Gasteiger partial charge in [-0.2, -0.15) is 0 Å². The second-order valence-electron chi connectivity index (χ2n) is 5.49. The molecule has 0 aliphatic rings. The van der Waals surface area contributed by atoms with Crippen molar-refractivity contribution >= 4 is 17.6 Å². The summed E-state index contributed by atoms with van der Waals surface area (Å²) >= 11 is 6.14. The van der Waals surface area contributed by atoms with Gasteiger partial charge in [0.15, 0.2) is 0 Å². The van der Waals surface area contributed by atoms with Gasteiger partial charge in [0.2, 0.25) is 0 Å². The lowest BCUT2D eigenvalue weighted by Gasteiger charge is -2.30. The van der Waals surface area contributed by atoms with Gasteiger partial charge in [0.05, 0.1) is 6.04 Å². The third-order valence-corrected chi connectivity index (χ3v) is 3.08. The van der Waals surface area contributed by atoms with Crippen LogP contribution in [0.3, 0.4) is 0 Å². The molecule has 0 heterocycles. The Bertz CT molecular complexity index is 426. The predicted octanol–water partition coefficient (Wildman–Crippen LogP) is 3.84. The summed E-state index contributed by atoms with van der Waals surface area (Å²) in [7, 11) is 1.77. The van der Waals surface area contributed by atoms with Crippen molar-refractivity contribution in [1.82, 2.24) is 10.2 Å². The zero-order chi connectivity index (χ0) is 13.9. The second kappa shape index (κ2) is 5.61. The van der Waals surface area contributed by atoms with Gasteiger partial charge in [0.1, 0.15) is 0 Å². The van der Waals surface area contributed by atoms with Crippen LogP contribution in [0.15, 0.2) is 24.3 Å². The van der Waals surface area contributed by atoms with Gasteiger partial charge in [-0.25, -0.2) is 4.79 Å².